The van der Waals surface area contributed by atoms with Crippen molar-refractivity contribution < 1.29 is 4.79 Å². The Hall–Kier alpha value is -0.610. The third-order valence-electron chi connectivity index (χ3n) is 4.35. The van der Waals surface area contributed by atoms with E-state index < -0.39 is 0 Å². The van der Waals surface area contributed by atoms with Crippen LogP contribution >= 0.6 is 0 Å². The molecule has 1 aliphatic heterocycles. The molecule has 0 spiro atoms. The van der Waals surface area contributed by atoms with Gasteiger partial charge >= 0.3 is 0 Å². The highest BCUT2D eigenvalue weighted by molar-refractivity contribution is 5.78. The molecule has 2 rings (SSSR count). The molecule has 3 N–H and O–H groups in total. The van der Waals surface area contributed by atoms with E-state index in [-0.39, 0.29) is 11.8 Å². The Morgan fingerprint density at radius 1 is 1.17 bits per heavy atom. The van der Waals surface area contributed by atoms with Crippen molar-refractivity contribution in [2.75, 3.05) is 19.6 Å². The van der Waals surface area contributed by atoms with Crippen molar-refractivity contribution >= 4 is 5.91 Å². The van der Waals surface area contributed by atoms with Gasteiger partial charge in [0.1, 0.15) is 0 Å². The minimum Gasteiger partial charge on any atom is -0.330 e. The van der Waals surface area contributed by atoms with Crippen molar-refractivity contribution in [3.05, 3.63) is 0 Å². The van der Waals surface area contributed by atoms with Crippen LogP contribution in [0.1, 0.15) is 51.4 Å². The number of piperidine rings is 1. The fraction of sp³-hybridized carbons (Fsp3) is 0.929. The first-order valence-corrected chi connectivity index (χ1v) is 7.55. The Labute approximate surface area is 110 Å². The maximum Gasteiger partial charge on any atom is 0.237 e. The molecule has 0 radical (unpaired) electrons. The number of hydrogen-bond donors (Lipinski definition) is 2. The summed E-state index contributed by atoms with van der Waals surface area (Å²) in [7, 11) is 0. The Kier molecular flexibility index (Phi) is 5.45. The number of hydrogen-bond acceptors (Lipinski definition) is 3. The van der Waals surface area contributed by atoms with Gasteiger partial charge in [0, 0.05) is 19.0 Å². The molecule has 1 heterocycles. The number of hydrazine groups is 1. The van der Waals surface area contributed by atoms with Crippen LogP contribution in [0.15, 0.2) is 0 Å². The summed E-state index contributed by atoms with van der Waals surface area (Å²) in [6, 6.07) is 0. The van der Waals surface area contributed by atoms with Crippen LogP contribution in [-0.2, 0) is 4.79 Å². The van der Waals surface area contributed by atoms with Gasteiger partial charge in [-0.2, -0.15) is 0 Å². The molecule has 2 aliphatic rings. The fourth-order valence-corrected chi connectivity index (χ4v) is 3.28. The van der Waals surface area contributed by atoms with Gasteiger partial charge in [-0.1, -0.05) is 19.3 Å². The van der Waals surface area contributed by atoms with Gasteiger partial charge in [-0.3, -0.25) is 10.2 Å². The maximum atomic E-state index is 12.2. The molecule has 1 saturated heterocycles. The first-order chi connectivity index (χ1) is 8.79. The summed E-state index contributed by atoms with van der Waals surface area (Å²) in [5.41, 5.74) is 8.74. The molecule has 0 aromatic carbocycles. The van der Waals surface area contributed by atoms with Crippen LogP contribution in [0, 0.1) is 11.8 Å². The predicted molar refractivity (Wildman–Crippen MR) is 72.7 cm³/mol. The van der Waals surface area contributed by atoms with Crippen LogP contribution in [0.25, 0.3) is 0 Å². The topological polar surface area (TPSA) is 58.4 Å². The fourth-order valence-electron chi connectivity index (χ4n) is 3.28. The highest BCUT2D eigenvalue weighted by atomic mass is 16.2. The van der Waals surface area contributed by atoms with E-state index in [0.29, 0.717) is 5.92 Å². The van der Waals surface area contributed by atoms with Crippen LogP contribution < -0.4 is 11.2 Å². The van der Waals surface area contributed by atoms with E-state index in [1.54, 1.807) is 0 Å². The van der Waals surface area contributed by atoms with Gasteiger partial charge in [-0.25, -0.2) is 5.01 Å². The molecule has 104 valence electrons. The molecule has 4 heteroatoms. The minimum atomic E-state index is 0.220. The second-order valence-electron chi connectivity index (χ2n) is 5.83. The van der Waals surface area contributed by atoms with E-state index in [2.05, 4.69) is 10.4 Å². The molecular weight excluding hydrogens is 226 g/mol. The zero-order valence-electron chi connectivity index (χ0n) is 11.4. The summed E-state index contributed by atoms with van der Waals surface area (Å²) < 4.78 is 0. The van der Waals surface area contributed by atoms with Gasteiger partial charge in [-0.05, 0) is 44.6 Å². The first-order valence-electron chi connectivity index (χ1n) is 7.55. The van der Waals surface area contributed by atoms with Crippen LogP contribution in [-0.4, -0.2) is 30.6 Å². The molecule has 1 aliphatic carbocycles. The van der Waals surface area contributed by atoms with E-state index in [1.165, 1.54) is 32.1 Å². The van der Waals surface area contributed by atoms with Gasteiger partial charge < -0.3 is 5.73 Å². The summed E-state index contributed by atoms with van der Waals surface area (Å²) in [5.74, 6) is 1.14. The molecule has 1 saturated carbocycles. The Morgan fingerprint density at radius 2 is 1.94 bits per heavy atom. The number of nitrogens with one attached hydrogen (secondary N) is 1. The largest absolute Gasteiger partial charge is 0.330 e. The van der Waals surface area contributed by atoms with E-state index >= 15 is 0 Å². The second kappa shape index (κ2) is 7.10. The minimum absolute atomic E-state index is 0.220. The van der Waals surface area contributed by atoms with Gasteiger partial charge in [0.2, 0.25) is 5.91 Å². The van der Waals surface area contributed by atoms with Gasteiger partial charge in [0.05, 0.1) is 0 Å². The number of nitrogens with zero attached hydrogens (tertiary/aromatic N) is 1. The third kappa shape index (κ3) is 3.95. The van der Waals surface area contributed by atoms with Crippen molar-refractivity contribution in [1.29, 1.82) is 0 Å². The standard InChI is InChI=1S/C14H27N3O/c15-8-7-12-5-4-6-13(11-12)14(18)16-17-9-2-1-3-10-17/h12-13H,1-11,15H2,(H,16,18). The molecule has 4 nitrogen and oxygen atoms in total. The van der Waals surface area contributed by atoms with Crippen molar-refractivity contribution in [2.24, 2.45) is 17.6 Å². The maximum absolute atomic E-state index is 12.2. The van der Waals surface area contributed by atoms with Crippen molar-refractivity contribution in [3.63, 3.8) is 0 Å². The third-order valence-corrected chi connectivity index (χ3v) is 4.35. The van der Waals surface area contributed by atoms with Crippen LogP contribution in [0.5, 0.6) is 0 Å². The molecule has 2 unspecified atom stereocenters. The summed E-state index contributed by atoms with van der Waals surface area (Å²) in [6.07, 6.45) is 9.33. The Morgan fingerprint density at radius 3 is 2.67 bits per heavy atom. The number of carbonyl (C=O) groups is 1. The first kappa shape index (κ1) is 13.8. The van der Waals surface area contributed by atoms with E-state index in [0.717, 1.165) is 38.9 Å². The zero-order valence-corrected chi connectivity index (χ0v) is 11.4. The lowest BCUT2D eigenvalue weighted by molar-refractivity contribution is -0.132. The lowest BCUT2D eigenvalue weighted by Gasteiger charge is -2.32. The van der Waals surface area contributed by atoms with Crippen LogP contribution in [0.4, 0.5) is 0 Å². The number of rotatable bonds is 4. The van der Waals surface area contributed by atoms with Gasteiger partial charge in [0.15, 0.2) is 0 Å². The Balaban J connectivity index is 1.76. The summed E-state index contributed by atoms with van der Waals surface area (Å²) in [4.78, 5) is 12.2. The highest BCUT2D eigenvalue weighted by Crippen LogP contribution is 2.31. The smallest absolute Gasteiger partial charge is 0.237 e. The average Bonchev–Trinajstić information content (AvgIpc) is 2.40. The van der Waals surface area contributed by atoms with Crippen LogP contribution in [0.2, 0.25) is 0 Å². The molecule has 0 bridgehead atoms. The molecule has 2 fully saturated rings. The molecule has 0 aromatic heterocycles. The second-order valence-corrected chi connectivity index (χ2v) is 5.83. The zero-order chi connectivity index (χ0) is 12.8. The molecule has 2 atom stereocenters. The van der Waals surface area contributed by atoms with Crippen LogP contribution in [0.3, 0.4) is 0 Å². The average molecular weight is 253 g/mol. The number of amides is 1. The summed E-state index contributed by atoms with van der Waals surface area (Å²) in [5, 5.41) is 2.11. The monoisotopic (exact) mass is 253 g/mol. The highest BCUT2D eigenvalue weighted by Gasteiger charge is 2.27. The molecular formula is C14H27N3O. The molecule has 18 heavy (non-hydrogen) atoms. The normalized spacial score (nSPS) is 30.1. The van der Waals surface area contributed by atoms with Crippen molar-refractivity contribution in [2.45, 2.75) is 51.4 Å². The van der Waals surface area contributed by atoms with E-state index in [4.69, 9.17) is 5.73 Å². The van der Waals surface area contributed by atoms with Crippen molar-refractivity contribution in [3.8, 4) is 0 Å². The Bertz CT molecular complexity index is 262. The summed E-state index contributed by atoms with van der Waals surface area (Å²) in [6.45, 7) is 2.79. The summed E-state index contributed by atoms with van der Waals surface area (Å²) >= 11 is 0. The van der Waals surface area contributed by atoms with Gasteiger partial charge in [-0.15, -0.1) is 0 Å². The predicted octanol–water partition coefficient (Wildman–Crippen LogP) is 1.66. The molecule has 1 amide bonds. The number of nitrogens with two attached hydrogens (primary N) is 1. The lowest BCUT2D eigenvalue weighted by Crippen LogP contribution is -2.48. The van der Waals surface area contributed by atoms with E-state index in [1.807, 2.05) is 0 Å². The van der Waals surface area contributed by atoms with Gasteiger partial charge in [0.25, 0.3) is 0 Å². The van der Waals surface area contributed by atoms with Crippen molar-refractivity contribution in [1.82, 2.24) is 10.4 Å². The SMILES string of the molecule is NCCC1CCCC(C(=O)NN2CCCCC2)C1. The van der Waals surface area contributed by atoms with E-state index in [9.17, 15) is 4.79 Å². The number of carbonyl (C=O) groups excluding carboxylic acids is 1. The molecule has 0 aromatic rings. The quantitative estimate of drug-likeness (QED) is 0.801. The lowest BCUT2D eigenvalue weighted by atomic mass is 9.79.